The highest BCUT2D eigenvalue weighted by Gasteiger charge is 2.29. The van der Waals surface area contributed by atoms with Gasteiger partial charge in [-0.3, -0.25) is 14.4 Å². The molecule has 2 amide bonds. The lowest BCUT2D eigenvalue weighted by atomic mass is 10.0. The average Bonchev–Trinajstić information content (AvgIpc) is 2.93. The smallest absolute Gasteiger partial charge is 0.272 e. The summed E-state index contributed by atoms with van der Waals surface area (Å²) in [6.45, 7) is 5.75. The maximum Gasteiger partial charge on any atom is 0.272 e. The molecule has 10 nitrogen and oxygen atoms in total. The summed E-state index contributed by atoms with van der Waals surface area (Å²) >= 11 is 0. The molecular formula is C19H27N5O5. The number of H-pyrrole nitrogens is 1. The molecule has 1 fully saturated rings. The maximum atomic E-state index is 13.1. The summed E-state index contributed by atoms with van der Waals surface area (Å²) in [5.41, 5.74) is 0.273. The number of nitrogens with zero attached hydrogens (tertiary/aromatic N) is 3. The molecule has 0 atom stereocenters. The quantitative estimate of drug-likeness (QED) is 0.646. The third-order valence-corrected chi connectivity index (χ3v) is 5.00. The third-order valence-electron chi connectivity index (χ3n) is 5.00. The van der Waals surface area contributed by atoms with Crippen molar-refractivity contribution < 1.29 is 19.4 Å². The molecular weight excluding hydrogens is 378 g/mol. The minimum atomic E-state index is -0.510. The predicted octanol–water partition coefficient (Wildman–Crippen LogP) is 0.0703. The number of ether oxygens (including phenoxy) is 1. The van der Waals surface area contributed by atoms with Crippen molar-refractivity contribution in [2.45, 2.75) is 45.8 Å². The molecule has 0 aromatic carbocycles. The van der Waals surface area contributed by atoms with Crippen molar-refractivity contribution in [2.24, 2.45) is 7.05 Å². The first-order chi connectivity index (χ1) is 13.7. The number of likely N-dealkylation sites (tertiary alicyclic amines) is 1. The number of carbonyl (C=O) groups excluding carboxylic acids is 2. The summed E-state index contributed by atoms with van der Waals surface area (Å²) in [6.07, 6.45) is 0.931. The molecule has 3 N–H and O–H groups in total. The molecule has 3 rings (SSSR count). The van der Waals surface area contributed by atoms with E-state index in [0.717, 1.165) is 0 Å². The van der Waals surface area contributed by atoms with Crippen molar-refractivity contribution in [3.05, 3.63) is 21.9 Å². The van der Waals surface area contributed by atoms with Crippen LogP contribution in [0.3, 0.4) is 0 Å². The Hall–Kier alpha value is -2.88. The van der Waals surface area contributed by atoms with Gasteiger partial charge in [-0.25, -0.2) is 4.98 Å². The first kappa shape index (κ1) is 20.8. The summed E-state index contributed by atoms with van der Waals surface area (Å²) in [5.74, 6) is 0.00519. The SMILES string of the molecule is Cc1nc2c(c(OC(C)C)c(C(=O)NC3CCN(C(=O)CO)CC3)n2C)c(=O)[nH]1. The number of carbonyl (C=O) groups is 2. The Labute approximate surface area is 167 Å². The number of hydrogen-bond donors (Lipinski definition) is 3. The number of fused-ring (bicyclic) bond motifs is 1. The number of amides is 2. The van der Waals surface area contributed by atoms with Gasteiger partial charge in [-0.1, -0.05) is 0 Å². The number of aryl methyl sites for hydroxylation is 2. The number of aromatic nitrogens is 3. The van der Waals surface area contributed by atoms with Gasteiger partial charge in [-0.05, 0) is 33.6 Å². The topological polar surface area (TPSA) is 130 Å². The van der Waals surface area contributed by atoms with Gasteiger partial charge < -0.3 is 29.6 Å². The number of piperidine rings is 1. The summed E-state index contributed by atoms with van der Waals surface area (Å²) < 4.78 is 7.43. The molecule has 0 radical (unpaired) electrons. The number of rotatable bonds is 5. The minimum absolute atomic E-state index is 0.122. The van der Waals surface area contributed by atoms with Crippen molar-refractivity contribution in [3.8, 4) is 5.75 Å². The summed E-state index contributed by atoms with van der Waals surface area (Å²) in [6, 6.07) is -0.122. The summed E-state index contributed by atoms with van der Waals surface area (Å²) in [7, 11) is 1.68. The number of hydrogen-bond acceptors (Lipinski definition) is 6. The van der Waals surface area contributed by atoms with E-state index in [1.165, 1.54) is 0 Å². The van der Waals surface area contributed by atoms with Gasteiger partial charge in [-0.15, -0.1) is 0 Å². The van der Waals surface area contributed by atoms with Crippen LogP contribution in [-0.4, -0.2) is 68.2 Å². The standard InChI is InChI=1S/C19H27N5O5/c1-10(2)29-16-14-17(20-11(3)21-18(14)27)23(4)15(16)19(28)22-12-5-7-24(8-6-12)13(26)9-25/h10,12,25H,5-9H2,1-4H3,(H,22,28)(H,20,21,27). The van der Waals surface area contributed by atoms with Crippen molar-refractivity contribution in [2.75, 3.05) is 19.7 Å². The monoisotopic (exact) mass is 405 g/mol. The first-order valence-electron chi connectivity index (χ1n) is 9.68. The van der Waals surface area contributed by atoms with Gasteiger partial charge in [0, 0.05) is 26.2 Å². The van der Waals surface area contributed by atoms with Crippen LogP contribution >= 0.6 is 0 Å². The van der Waals surface area contributed by atoms with Crippen LogP contribution in [0.15, 0.2) is 4.79 Å². The largest absolute Gasteiger partial charge is 0.488 e. The normalized spacial score (nSPS) is 15.2. The van der Waals surface area contributed by atoms with Gasteiger partial charge in [0.2, 0.25) is 5.91 Å². The van der Waals surface area contributed by atoms with Crippen LogP contribution in [0.25, 0.3) is 11.0 Å². The minimum Gasteiger partial charge on any atom is -0.488 e. The molecule has 0 aliphatic carbocycles. The van der Waals surface area contributed by atoms with E-state index in [1.54, 1.807) is 23.4 Å². The van der Waals surface area contributed by atoms with Crippen LogP contribution in [0.5, 0.6) is 5.75 Å². The van der Waals surface area contributed by atoms with Gasteiger partial charge in [0.25, 0.3) is 11.5 Å². The average molecular weight is 405 g/mol. The van der Waals surface area contributed by atoms with Crippen molar-refractivity contribution in [3.63, 3.8) is 0 Å². The molecule has 0 bridgehead atoms. The summed E-state index contributed by atoms with van der Waals surface area (Å²) in [4.78, 5) is 45.8. The van der Waals surface area contributed by atoms with Gasteiger partial charge in [0.15, 0.2) is 17.1 Å². The van der Waals surface area contributed by atoms with Crippen LogP contribution in [0, 0.1) is 6.92 Å². The van der Waals surface area contributed by atoms with E-state index in [2.05, 4.69) is 15.3 Å². The zero-order valence-electron chi connectivity index (χ0n) is 17.1. The van der Waals surface area contributed by atoms with E-state index in [1.807, 2.05) is 13.8 Å². The Balaban J connectivity index is 1.90. The fourth-order valence-corrected chi connectivity index (χ4v) is 3.63. The van der Waals surface area contributed by atoms with Crippen LogP contribution < -0.4 is 15.6 Å². The molecule has 0 spiro atoms. The van der Waals surface area contributed by atoms with E-state index in [4.69, 9.17) is 9.84 Å². The zero-order valence-corrected chi connectivity index (χ0v) is 17.1. The second-order valence-electron chi connectivity index (χ2n) is 7.54. The number of aliphatic hydroxyl groups is 1. The highest BCUT2D eigenvalue weighted by Crippen LogP contribution is 2.30. The first-order valence-corrected chi connectivity index (χ1v) is 9.68. The summed E-state index contributed by atoms with van der Waals surface area (Å²) in [5, 5.41) is 12.2. The maximum absolute atomic E-state index is 13.1. The number of aromatic amines is 1. The molecule has 0 unspecified atom stereocenters. The van der Waals surface area contributed by atoms with E-state index in [0.29, 0.717) is 37.4 Å². The van der Waals surface area contributed by atoms with Gasteiger partial charge in [-0.2, -0.15) is 0 Å². The van der Waals surface area contributed by atoms with E-state index in [-0.39, 0.29) is 46.3 Å². The highest BCUT2D eigenvalue weighted by atomic mass is 16.5. The Morgan fingerprint density at radius 2 is 2.00 bits per heavy atom. The van der Waals surface area contributed by atoms with Crippen LogP contribution in [-0.2, 0) is 11.8 Å². The Morgan fingerprint density at radius 3 is 2.59 bits per heavy atom. The fraction of sp³-hybridized carbons (Fsp3) is 0.579. The van der Waals surface area contributed by atoms with Crippen molar-refractivity contribution in [1.29, 1.82) is 0 Å². The predicted molar refractivity (Wildman–Crippen MR) is 106 cm³/mol. The van der Waals surface area contributed by atoms with Crippen LogP contribution in [0.2, 0.25) is 0 Å². The third kappa shape index (κ3) is 4.12. The van der Waals surface area contributed by atoms with Crippen LogP contribution in [0.4, 0.5) is 0 Å². The highest BCUT2D eigenvalue weighted by molar-refractivity contribution is 6.03. The molecule has 10 heteroatoms. The van der Waals surface area contributed by atoms with E-state index >= 15 is 0 Å². The lowest BCUT2D eigenvalue weighted by Gasteiger charge is -2.32. The van der Waals surface area contributed by atoms with Gasteiger partial charge in [0.1, 0.15) is 17.8 Å². The fourth-order valence-electron chi connectivity index (χ4n) is 3.63. The van der Waals surface area contributed by atoms with Gasteiger partial charge >= 0.3 is 0 Å². The molecule has 29 heavy (non-hydrogen) atoms. The number of aliphatic hydroxyl groups excluding tert-OH is 1. The molecule has 1 saturated heterocycles. The molecule has 1 aliphatic heterocycles. The molecule has 0 saturated carbocycles. The van der Waals surface area contributed by atoms with Crippen molar-refractivity contribution >= 4 is 22.8 Å². The van der Waals surface area contributed by atoms with Crippen LogP contribution in [0.1, 0.15) is 43.0 Å². The van der Waals surface area contributed by atoms with E-state index < -0.39 is 6.61 Å². The molecule has 2 aromatic heterocycles. The molecule has 1 aliphatic rings. The molecule has 3 heterocycles. The second-order valence-corrected chi connectivity index (χ2v) is 7.54. The molecule has 158 valence electrons. The Bertz CT molecular complexity index is 985. The Kier molecular flexibility index (Phi) is 5.92. The Morgan fingerprint density at radius 1 is 1.34 bits per heavy atom. The van der Waals surface area contributed by atoms with E-state index in [9.17, 15) is 14.4 Å². The lowest BCUT2D eigenvalue weighted by Crippen LogP contribution is -2.47. The number of nitrogens with one attached hydrogen (secondary N) is 2. The second kappa shape index (κ2) is 8.24. The lowest BCUT2D eigenvalue weighted by molar-refractivity contribution is -0.135. The van der Waals surface area contributed by atoms with Crippen molar-refractivity contribution in [1.82, 2.24) is 24.8 Å². The zero-order chi connectivity index (χ0) is 21.3. The van der Waals surface area contributed by atoms with Gasteiger partial charge in [0.05, 0.1) is 6.10 Å². The molecule has 2 aromatic rings.